The third kappa shape index (κ3) is 1.76. The van der Waals surface area contributed by atoms with E-state index in [4.69, 9.17) is 0 Å². The van der Waals surface area contributed by atoms with Gasteiger partial charge in [0.25, 0.3) is 0 Å². The predicted octanol–water partition coefficient (Wildman–Crippen LogP) is 3.80. The number of anilines is 1. The van der Waals surface area contributed by atoms with Gasteiger partial charge in [0.1, 0.15) is 5.82 Å². The monoisotopic (exact) mass is 267 g/mol. The second kappa shape index (κ2) is 4.34. The lowest BCUT2D eigenvalue weighted by atomic mass is 10.1. The number of nitrogens with one attached hydrogen (secondary N) is 2. The Bertz CT molecular complexity index is 778. The van der Waals surface area contributed by atoms with Gasteiger partial charge >= 0.3 is 0 Å². The Morgan fingerprint density at radius 1 is 1.25 bits per heavy atom. The maximum Gasteiger partial charge on any atom is 0.126 e. The van der Waals surface area contributed by atoms with Crippen molar-refractivity contribution in [1.82, 2.24) is 10.2 Å². The van der Waals surface area contributed by atoms with Crippen LogP contribution in [0.3, 0.4) is 0 Å². The zero-order valence-electron chi connectivity index (χ0n) is 10.9. The number of rotatable bonds is 2. The molecule has 1 aliphatic carbocycles. The molecule has 0 spiro atoms. The van der Waals surface area contributed by atoms with Gasteiger partial charge in [-0.25, -0.2) is 4.39 Å². The van der Waals surface area contributed by atoms with Crippen LogP contribution in [0.1, 0.15) is 23.6 Å². The molecular weight excluding hydrogens is 253 g/mol. The molecule has 1 aliphatic rings. The highest BCUT2D eigenvalue weighted by molar-refractivity contribution is 5.81. The standard InChI is InChI=1S/C16H14FN3/c17-14-3-1-2-13-12(14)6-7-15(13)19-11-5-4-10-9-18-20-16(10)8-11/h1-5,8-9,15,19H,6-7H2,(H,18,20). The normalized spacial score (nSPS) is 17.4. The number of benzene rings is 2. The average Bonchev–Trinajstić information content (AvgIpc) is 3.06. The molecular formula is C16H14FN3. The summed E-state index contributed by atoms with van der Waals surface area (Å²) in [6.45, 7) is 0. The van der Waals surface area contributed by atoms with E-state index >= 15 is 0 Å². The van der Waals surface area contributed by atoms with Crippen LogP contribution in [0.25, 0.3) is 10.9 Å². The van der Waals surface area contributed by atoms with Crippen LogP contribution >= 0.6 is 0 Å². The highest BCUT2D eigenvalue weighted by Crippen LogP contribution is 2.35. The fourth-order valence-corrected chi connectivity index (χ4v) is 2.99. The Morgan fingerprint density at radius 3 is 3.15 bits per heavy atom. The fraction of sp³-hybridized carbons (Fsp3) is 0.188. The van der Waals surface area contributed by atoms with Crippen molar-refractivity contribution in [3.8, 4) is 0 Å². The van der Waals surface area contributed by atoms with Crippen LogP contribution in [-0.4, -0.2) is 10.2 Å². The number of hydrogen-bond acceptors (Lipinski definition) is 2. The second-order valence-electron chi connectivity index (χ2n) is 5.22. The topological polar surface area (TPSA) is 40.7 Å². The van der Waals surface area contributed by atoms with Crippen LogP contribution in [0.4, 0.5) is 10.1 Å². The summed E-state index contributed by atoms with van der Waals surface area (Å²) in [4.78, 5) is 0. The number of aromatic nitrogens is 2. The molecule has 4 heteroatoms. The zero-order valence-corrected chi connectivity index (χ0v) is 10.9. The summed E-state index contributed by atoms with van der Waals surface area (Å²) in [6.07, 6.45) is 3.53. The number of aromatic amines is 1. The van der Waals surface area contributed by atoms with E-state index in [0.717, 1.165) is 40.6 Å². The Kier molecular flexibility index (Phi) is 2.49. The van der Waals surface area contributed by atoms with E-state index < -0.39 is 0 Å². The lowest BCUT2D eigenvalue weighted by Gasteiger charge is -2.15. The molecule has 3 aromatic rings. The Labute approximate surface area is 115 Å². The molecule has 2 N–H and O–H groups in total. The molecule has 1 unspecified atom stereocenters. The minimum Gasteiger partial charge on any atom is -0.378 e. The van der Waals surface area contributed by atoms with Crippen LogP contribution in [0, 0.1) is 5.82 Å². The number of halogens is 1. The van der Waals surface area contributed by atoms with Crippen LogP contribution < -0.4 is 5.32 Å². The molecule has 0 saturated carbocycles. The van der Waals surface area contributed by atoms with Crippen molar-refractivity contribution >= 4 is 16.6 Å². The molecule has 0 aliphatic heterocycles. The fourth-order valence-electron chi connectivity index (χ4n) is 2.99. The van der Waals surface area contributed by atoms with Crippen LogP contribution in [-0.2, 0) is 6.42 Å². The number of H-pyrrole nitrogens is 1. The average molecular weight is 267 g/mol. The Balaban J connectivity index is 1.66. The molecule has 4 rings (SSSR count). The summed E-state index contributed by atoms with van der Waals surface area (Å²) in [7, 11) is 0. The van der Waals surface area contributed by atoms with Gasteiger partial charge in [-0.15, -0.1) is 0 Å². The molecule has 0 saturated heterocycles. The van der Waals surface area contributed by atoms with Crippen molar-refractivity contribution in [3.63, 3.8) is 0 Å². The van der Waals surface area contributed by atoms with Gasteiger partial charge in [0, 0.05) is 11.1 Å². The number of hydrogen-bond donors (Lipinski definition) is 2. The predicted molar refractivity (Wildman–Crippen MR) is 77.2 cm³/mol. The molecule has 0 fully saturated rings. The lowest BCUT2D eigenvalue weighted by Crippen LogP contribution is -2.07. The van der Waals surface area contributed by atoms with E-state index in [-0.39, 0.29) is 11.9 Å². The minimum atomic E-state index is -0.0872. The summed E-state index contributed by atoms with van der Waals surface area (Å²) < 4.78 is 13.7. The maximum absolute atomic E-state index is 13.7. The van der Waals surface area contributed by atoms with Crippen molar-refractivity contribution in [2.24, 2.45) is 0 Å². The number of fused-ring (bicyclic) bond motifs is 2. The summed E-state index contributed by atoms with van der Waals surface area (Å²) in [5, 5.41) is 11.6. The van der Waals surface area contributed by atoms with Gasteiger partial charge in [-0.2, -0.15) is 5.10 Å². The SMILES string of the molecule is Fc1cccc2c1CCC2Nc1ccc2cn[nH]c2c1. The quantitative estimate of drug-likeness (QED) is 0.741. The Morgan fingerprint density at radius 2 is 2.20 bits per heavy atom. The van der Waals surface area contributed by atoms with E-state index in [1.54, 1.807) is 12.3 Å². The lowest BCUT2D eigenvalue weighted by molar-refractivity contribution is 0.612. The third-order valence-corrected chi connectivity index (χ3v) is 4.00. The van der Waals surface area contributed by atoms with Gasteiger partial charge in [-0.3, -0.25) is 5.10 Å². The summed E-state index contributed by atoms with van der Waals surface area (Å²) in [5.74, 6) is -0.0872. The summed E-state index contributed by atoms with van der Waals surface area (Å²) in [5.41, 5.74) is 3.97. The van der Waals surface area contributed by atoms with E-state index in [1.807, 2.05) is 24.3 Å². The molecule has 20 heavy (non-hydrogen) atoms. The van der Waals surface area contributed by atoms with Crippen molar-refractivity contribution in [3.05, 3.63) is 59.5 Å². The van der Waals surface area contributed by atoms with E-state index in [1.165, 1.54) is 6.07 Å². The zero-order chi connectivity index (χ0) is 13.5. The molecule has 1 atom stereocenters. The van der Waals surface area contributed by atoms with Gasteiger partial charge in [0.2, 0.25) is 0 Å². The van der Waals surface area contributed by atoms with Gasteiger partial charge in [0.05, 0.1) is 17.8 Å². The van der Waals surface area contributed by atoms with Gasteiger partial charge in [-0.1, -0.05) is 12.1 Å². The molecule has 1 aromatic heterocycles. The van der Waals surface area contributed by atoms with E-state index in [9.17, 15) is 4.39 Å². The highest BCUT2D eigenvalue weighted by atomic mass is 19.1. The second-order valence-corrected chi connectivity index (χ2v) is 5.22. The van der Waals surface area contributed by atoms with Crippen LogP contribution in [0.2, 0.25) is 0 Å². The molecule has 1 heterocycles. The minimum absolute atomic E-state index is 0.0872. The first-order valence-corrected chi connectivity index (χ1v) is 6.78. The molecule has 3 nitrogen and oxygen atoms in total. The summed E-state index contributed by atoms with van der Waals surface area (Å²) >= 11 is 0. The largest absolute Gasteiger partial charge is 0.378 e. The first-order chi connectivity index (χ1) is 9.81. The molecule has 0 bridgehead atoms. The van der Waals surface area contributed by atoms with Gasteiger partial charge < -0.3 is 5.32 Å². The van der Waals surface area contributed by atoms with Crippen molar-refractivity contribution in [2.75, 3.05) is 5.32 Å². The van der Waals surface area contributed by atoms with Crippen LogP contribution in [0.5, 0.6) is 0 Å². The molecule has 0 radical (unpaired) electrons. The molecule has 0 amide bonds. The van der Waals surface area contributed by atoms with E-state index in [0.29, 0.717) is 0 Å². The van der Waals surface area contributed by atoms with Gasteiger partial charge in [-0.05, 0) is 48.2 Å². The first-order valence-electron chi connectivity index (χ1n) is 6.78. The van der Waals surface area contributed by atoms with E-state index in [2.05, 4.69) is 15.5 Å². The molecule has 100 valence electrons. The Hall–Kier alpha value is -2.36. The smallest absolute Gasteiger partial charge is 0.126 e. The third-order valence-electron chi connectivity index (χ3n) is 4.00. The summed E-state index contributed by atoms with van der Waals surface area (Å²) in [6, 6.07) is 11.6. The number of nitrogens with zero attached hydrogens (tertiary/aromatic N) is 1. The van der Waals surface area contributed by atoms with Crippen molar-refractivity contribution in [1.29, 1.82) is 0 Å². The maximum atomic E-state index is 13.7. The highest BCUT2D eigenvalue weighted by Gasteiger charge is 2.24. The first kappa shape index (κ1) is 11.5. The molecule has 2 aromatic carbocycles. The van der Waals surface area contributed by atoms with Crippen molar-refractivity contribution < 1.29 is 4.39 Å². The van der Waals surface area contributed by atoms with Gasteiger partial charge in [0.15, 0.2) is 0 Å². The van der Waals surface area contributed by atoms with Crippen LogP contribution in [0.15, 0.2) is 42.6 Å². The van der Waals surface area contributed by atoms with Crippen molar-refractivity contribution in [2.45, 2.75) is 18.9 Å².